The number of nitrogens with zero attached hydrogens (tertiary/aromatic N) is 2. The summed E-state index contributed by atoms with van der Waals surface area (Å²) in [5.41, 5.74) is 0.680. The first-order valence-corrected chi connectivity index (χ1v) is 5.17. The number of nitrogens with one attached hydrogen (secondary N) is 1. The summed E-state index contributed by atoms with van der Waals surface area (Å²) in [5, 5.41) is 3.23. The number of aromatic nitrogens is 2. The fourth-order valence-electron chi connectivity index (χ4n) is 1.47. The monoisotopic (exact) mass is 231 g/mol. The fourth-order valence-corrected chi connectivity index (χ4v) is 1.47. The van der Waals surface area contributed by atoms with Gasteiger partial charge in [0.1, 0.15) is 0 Å². The van der Waals surface area contributed by atoms with Crippen molar-refractivity contribution < 1.29 is 13.2 Å². The molecule has 0 bridgehead atoms. The minimum atomic E-state index is -4.46. The van der Waals surface area contributed by atoms with Gasteiger partial charge in [-0.2, -0.15) is 13.2 Å². The predicted molar refractivity (Wildman–Crippen MR) is 51.5 cm³/mol. The van der Waals surface area contributed by atoms with Crippen LogP contribution in [0, 0.1) is 0 Å². The van der Waals surface area contributed by atoms with Crippen LogP contribution in [0.15, 0.2) is 12.4 Å². The molecule has 1 N–H and O–H groups in total. The lowest BCUT2D eigenvalue weighted by atomic mass is 9.93. The molecule has 0 unspecified atom stereocenters. The van der Waals surface area contributed by atoms with Crippen molar-refractivity contribution in [3.05, 3.63) is 23.8 Å². The molecule has 16 heavy (non-hydrogen) atoms. The van der Waals surface area contributed by atoms with Gasteiger partial charge in [-0.05, 0) is 12.8 Å². The van der Waals surface area contributed by atoms with E-state index in [0.717, 1.165) is 12.8 Å². The molecule has 0 aromatic carbocycles. The van der Waals surface area contributed by atoms with Gasteiger partial charge in [0.15, 0.2) is 0 Å². The molecule has 0 radical (unpaired) electrons. The third-order valence-corrected chi connectivity index (χ3v) is 2.66. The van der Waals surface area contributed by atoms with Gasteiger partial charge in [0, 0.05) is 30.5 Å². The molecule has 0 aliphatic heterocycles. The van der Waals surface area contributed by atoms with Crippen LogP contribution in [0.1, 0.15) is 30.7 Å². The molecule has 1 aromatic heterocycles. The standard InChI is InChI=1S/C10H12F3N3/c11-10(12,13)9-15-5-7(6-16-9)4-14-8-2-1-3-8/h5-6,8,14H,1-4H2. The smallest absolute Gasteiger partial charge is 0.310 e. The molecule has 0 saturated heterocycles. The quantitative estimate of drug-likeness (QED) is 0.866. The molecule has 88 valence electrons. The molecule has 0 amide bonds. The summed E-state index contributed by atoms with van der Waals surface area (Å²) in [7, 11) is 0. The van der Waals surface area contributed by atoms with E-state index in [4.69, 9.17) is 0 Å². The average Bonchev–Trinajstić information content (AvgIpc) is 2.15. The number of hydrogen-bond donors (Lipinski definition) is 1. The maximum atomic E-state index is 12.2. The molecule has 1 aliphatic rings. The Kier molecular flexibility index (Phi) is 3.09. The van der Waals surface area contributed by atoms with Crippen LogP contribution in [-0.4, -0.2) is 16.0 Å². The van der Waals surface area contributed by atoms with E-state index in [1.165, 1.54) is 18.8 Å². The molecule has 0 atom stereocenters. The van der Waals surface area contributed by atoms with Gasteiger partial charge in [0.2, 0.25) is 5.82 Å². The second-order valence-electron chi connectivity index (χ2n) is 3.92. The Labute approximate surface area is 91.1 Å². The number of hydrogen-bond acceptors (Lipinski definition) is 3. The summed E-state index contributed by atoms with van der Waals surface area (Å²) in [6, 6.07) is 0.502. The van der Waals surface area contributed by atoms with E-state index >= 15 is 0 Å². The third kappa shape index (κ3) is 2.69. The molecule has 1 aromatic rings. The van der Waals surface area contributed by atoms with Crippen LogP contribution in [0.2, 0.25) is 0 Å². The average molecular weight is 231 g/mol. The van der Waals surface area contributed by atoms with Crippen molar-refractivity contribution in [3.8, 4) is 0 Å². The highest BCUT2D eigenvalue weighted by Crippen LogP contribution is 2.25. The Bertz CT molecular complexity index is 343. The lowest BCUT2D eigenvalue weighted by Gasteiger charge is -2.26. The predicted octanol–water partition coefficient (Wildman–Crippen LogP) is 2.14. The Morgan fingerprint density at radius 2 is 1.88 bits per heavy atom. The molecule has 2 rings (SSSR count). The summed E-state index contributed by atoms with van der Waals surface area (Å²) in [6.45, 7) is 0.531. The second kappa shape index (κ2) is 4.37. The zero-order chi connectivity index (χ0) is 11.6. The zero-order valence-corrected chi connectivity index (χ0v) is 8.59. The summed E-state index contributed by atoms with van der Waals surface area (Å²) >= 11 is 0. The van der Waals surface area contributed by atoms with E-state index < -0.39 is 12.0 Å². The maximum Gasteiger partial charge on any atom is 0.451 e. The minimum absolute atomic E-state index is 0.502. The second-order valence-corrected chi connectivity index (χ2v) is 3.92. The van der Waals surface area contributed by atoms with Gasteiger partial charge >= 0.3 is 6.18 Å². The van der Waals surface area contributed by atoms with Crippen LogP contribution in [0.3, 0.4) is 0 Å². The first kappa shape index (κ1) is 11.3. The van der Waals surface area contributed by atoms with Crippen molar-refractivity contribution in [2.75, 3.05) is 0 Å². The molecule has 1 heterocycles. The minimum Gasteiger partial charge on any atom is -0.310 e. The third-order valence-electron chi connectivity index (χ3n) is 2.66. The van der Waals surface area contributed by atoms with Gasteiger partial charge in [-0.15, -0.1) is 0 Å². The summed E-state index contributed by atoms with van der Waals surface area (Å²) < 4.78 is 36.5. The number of alkyl halides is 3. The van der Waals surface area contributed by atoms with Crippen LogP contribution in [-0.2, 0) is 12.7 Å². The SMILES string of the molecule is FC(F)(F)c1ncc(CNC2CCC2)cn1. The van der Waals surface area contributed by atoms with E-state index in [9.17, 15) is 13.2 Å². The lowest BCUT2D eigenvalue weighted by molar-refractivity contribution is -0.145. The van der Waals surface area contributed by atoms with Gasteiger partial charge < -0.3 is 5.32 Å². The van der Waals surface area contributed by atoms with E-state index in [2.05, 4.69) is 15.3 Å². The normalized spacial score (nSPS) is 17.2. The summed E-state index contributed by atoms with van der Waals surface area (Å²) in [6.07, 6.45) is 1.49. The molecule has 3 nitrogen and oxygen atoms in total. The topological polar surface area (TPSA) is 37.8 Å². The largest absolute Gasteiger partial charge is 0.451 e. The van der Waals surface area contributed by atoms with Crippen LogP contribution in [0.5, 0.6) is 0 Å². The molecule has 1 aliphatic carbocycles. The van der Waals surface area contributed by atoms with Crippen LogP contribution in [0.4, 0.5) is 13.2 Å². The zero-order valence-electron chi connectivity index (χ0n) is 8.59. The van der Waals surface area contributed by atoms with E-state index in [1.54, 1.807) is 0 Å². The van der Waals surface area contributed by atoms with Crippen molar-refractivity contribution in [2.45, 2.75) is 38.0 Å². The summed E-state index contributed by atoms with van der Waals surface area (Å²) in [4.78, 5) is 6.59. The van der Waals surface area contributed by atoms with Crippen LogP contribution in [0.25, 0.3) is 0 Å². The van der Waals surface area contributed by atoms with Crippen molar-refractivity contribution in [1.29, 1.82) is 0 Å². The highest BCUT2D eigenvalue weighted by molar-refractivity contribution is 5.06. The van der Waals surface area contributed by atoms with Gasteiger partial charge in [-0.3, -0.25) is 0 Å². The number of halogens is 3. The Morgan fingerprint density at radius 3 is 2.31 bits per heavy atom. The fraction of sp³-hybridized carbons (Fsp3) is 0.600. The number of rotatable bonds is 3. The van der Waals surface area contributed by atoms with Gasteiger partial charge in [0.05, 0.1) is 0 Å². The first-order chi connectivity index (χ1) is 7.55. The molecule has 6 heteroatoms. The van der Waals surface area contributed by atoms with Crippen molar-refractivity contribution in [1.82, 2.24) is 15.3 Å². The highest BCUT2D eigenvalue weighted by Gasteiger charge is 2.34. The van der Waals surface area contributed by atoms with E-state index in [0.29, 0.717) is 18.2 Å². The van der Waals surface area contributed by atoms with Crippen LogP contribution >= 0.6 is 0 Å². The van der Waals surface area contributed by atoms with Crippen molar-refractivity contribution >= 4 is 0 Å². The molecule has 1 fully saturated rings. The van der Waals surface area contributed by atoms with Gasteiger partial charge in [0.25, 0.3) is 0 Å². The van der Waals surface area contributed by atoms with E-state index in [-0.39, 0.29) is 0 Å². The molecular weight excluding hydrogens is 219 g/mol. The van der Waals surface area contributed by atoms with Crippen molar-refractivity contribution in [3.63, 3.8) is 0 Å². The van der Waals surface area contributed by atoms with E-state index in [1.807, 2.05) is 0 Å². The molecule has 1 saturated carbocycles. The maximum absolute atomic E-state index is 12.2. The molecule has 0 spiro atoms. The Hall–Kier alpha value is -1.17. The molecular formula is C10H12F3N3. The summed E-state index contributed by atoms with van der Waals surface area (Å²) in [5.74, 6) is -1.08. The van der Waals surface area contributed by atoms with Gasteiger partial charge in [-0.25, -0.2) is 9.97 Å². The Morgan fingerprint density at radius 1 is 1.25 bits per heavy atom. The van der Waals surface area contributed by atoms with Crippen molar-refractivity contribution in [2.24, 2.45) is 0 Å². The van der Waals surface area contributed by atoms with Crippen LogP contribution < -0.4 is 5.32 Å². The lowest BCUT2D eigenvalue weighted by Crippen LogP contribution is -2.34. The van der Waals surface area contributed by atoms with Gasteiger partial charge in [-0.1, -0.05) is 6.42 Å². The highest BCUT2D eigenvalue weighted by atomic mass is 19.4. The Balaban J connectivity index is 1.91. The first-order valence-electron chi connectivity index (χ1n) is 5.17.